The molecule has 0 radical (unpaired) electrons. The van der Waals surface area contributed by atoms with Crippen LogP contribution >= 0.6 is 0 Å². The van der Waals surface area contributed by atoms with Crippen molar-refractivity contribution in [2.75, 3.05) is 0 Å². The van der Waals surface area contributed by atoms with Crippen LogP contribution in [-0.4, -0.2) is 0 Å². The molecule has 9 aromatic rings. The molecule has 0 N–H and O–H groups in total. The van der Waals surface area contributed by atoms with Crippen LogP contribution in [0.5, 0.6) is 0 Å². The van der Waals surface area contributed by atoms with Crippen LogP contribution in [-0.2, 0) is 0 Å². The third-order valence-electron chi connectivity index (χ3n) is 11.0. The van der Waals surface area contributed by atoms with Crippen LogP contribution in [0, 0.1) is 34.0 Å². The Morgan fingerprint density at radius 3 is 0.867 bits per heavy atom. The molecule has 9 aromatic carbocycles. The lowest BCUT2D eigenvalue weighted by Gasteiger charge is -2.12. The molecule has 9 rings (SSSR count). The van der Waals surface area contributed by atoms with Crippen molar-refractivity contribution < 1.29 is 0 Å². The van der Waals surface area contributed by atoms with Gasteiger partial charge in [-0.25, -0.2) is 0 Å². The van der Waals surface area contributed by atoms with Crippen molar-refractivity contribution >= 4 is 0 Å². The summed E-state index contributed by atoms with van der Waals surface area (Å²) in [6, 6.07) is 79.0. The van der Waals surface area contributed by atoms with Crippen LogP contribution in [0.3, 0.4) is 0 Å². The first-order chi connectivity index (χ1) is 29.6. The molecule has 0 atom stereocenters. The monoisotopic (exact) mass is 761 g/mol. The molecule has 0 spiro atoms. The second-order valence-corrected chi connectivity index (χ2v) is 14.7. The second-order valence-electron chi connectivity index (χ2n) is 14.7. The minimum absolute atomic E-state index is 0.594. The molecule has 0 aliphatic heterocycles. The maximum atomic E-state index is 10.1. The molecule has 0 aliphatic carbocycles. The lowest BCUT2D eigenvalue weighted by Crippen LogP contribution is -1.88. The average molecular weight is 762 g/mol. The van der Waals surface area contributed by atoms with E-state index in [2.05, 4.69) is 133 Å². The summed E-state index contributed by atoms with van der Waals surface area (Å²) in [5, 5.41) is 30.0. The highest BCUT2D eigenvalue weighted by molar-refractivity contribution is 5.83. The predicted molar refractivity (Wildman–Crippen MR) is 244 cm³/mol. The summed E-state index contributed by atoms with van der Waals surface area (Å²) in [7, 11) is 0. The third kappa shape index (κ3) is 7.62. The first-order valence-electron chi connectivity index (χ1n) is 19.7. The van der Waals surface area contributed by atoms with Gasteiger partial charge in [0, 0.05) is 0 Å². The van der Waals surface area contributed by atoms with Crippen LogP contribution in [0.4, 0.5) is 0 Å². The first kappa shape index (κ1) is 37.1. The van der Waals surface area contributed by atoms with Gasteiger partial charge in [-0.05, 0) is 131 Å². The second kappa shape index (κ2) is 16.5. The molecule has 3 nitrogen and oxygen atoms in total. The zero-order valence-corrected chi connectivity index (χ0v) is 32.5. The number of hydrogen-bond donors (Lipinski definition) is 0. The van der Waals surface area contributed by atoms with Gasteiger partial charge in [0.25, 0.3) is 0 Å². The van der Waals surface area contributed by atoms with Crippen molar-refractivity contribution in [2.24, 2.45) is 0 Å². The lowest BCUT2D eigenvalue weighted by atomic mass is 9.92. The van der Waals surface area contributed by atoms with Gasteiger partial charge in [-0.15, -0.1) is 0 Å². The summed E-state index contributed by atoms with van der Waals surface area (Å²) in [6.45, 7) is 0. The van der Waals surface area contributed by atoms with E-state index in [0.717, 1.165) is 89.0 Å². The van der Waals surface area contributed by atoms with E-state index >= 15 is 0 Å². The van der Waals surface area contributed by atoms with Gasteiger partial charge in [-0.1, -0.05) is 170 Å². The number of rotatable bonds is 8. The minimum Gasteiger partial charge on any atom is -0.192 e. The van der Waals surface area contributed by atoms with Gasteiger partial charge >= 0.3 is 0 Å². The molecular weight excluding hydrogens is 727 g/mol. The molecule has 0 unspecified atom stereocenters. The number of nitrogens with zero attached hydrogens (tertiary/aromatic N) is 3. The van der Waals surface area contributed by atoms with E-state index in [-0.39, 0.29) is 0 Å². The molecular formula is C57H35N3. The Bertz CT molecular complexity index is 2940. The van der Waals surface area contributed by atoms with Crippen molar-refractivity contribution in [3.63, 3.8) is 0 Å². The molecule has 0 fully saturated rings. The molecule has 0 aliphatic rings. The third-order valence-corrected chi connectivity index (χ3v) is 11.0. The van der Waals surface area contributed by atoms with E-state index in [1.807, 2.05) is 97.1 Å². The van der Waals surface area contributed by atoms with Crippen LogP contribution in [0.1, 0.15) is 16.7 Å². The molecule has 3 heteroatoms. The van der Waals surface area contributed by atoms with E-state index in [1.165, 1.54) is 0 Å². The van der Waals surface area contributed by atoms with E-state index in [1.54, 1.807) is 0 Å². The van der Waals surface area contributed by atoms with Crippen molar-refractivity contribution in [3.05, 3.63) is 229 Å². The summed E-state index contributed by atoms with van der Waals surface area (Å²) in [5.74, 6) is 0. The highest BCUT2D eigenvalue weighted by Gasteiger charge is 2.12. The van der Waals surface area contributed by atoms with Crippen LogP contribution in [0.25, 0.3) is 89.0 Å². The fourth-order valence-electron chi connectivity index (χ4n) is 7.86. The molecule has 0 saturated carbocycles. The van der Waals surface area contributed by atoms with E-state index in [9.17, 15) is 15.8 Å². The zero-order valence-electron chi connectivity index (χ0n) is 32.5. The van der Waals surface area contributed by atoms with Gasteiger partial charge in [-0.3, -0.25) is 0 Å². The van der Waals surface area contributed by atoms with Gasteiger partial charge in [0.1, 0.15) is 0 Å². The van der Waals surface area contributed by atoms with Crippen LogP contribution in [0.15, 0.2) is 212 Å². The Morgan fingerprint density at radius 1 is 0.217 bits per heavy atom. The van der Waals surface area contributed by atoms with Gasteiger partial charge in [0.05, 0.1) is 34.9 Å². The highest BCUT2D eigenvalue weighted by atomic mass is 14.3. The molecule has 60 heavy (non-hydrogen) atoms. The van der Waals surface area contributed by atoms with Crippen molar-refractivity contribution in [2.45, 2.75) is 0 Å². The van der Waals surface area contributed by atoms with E-state index in [0.29, 0.717) is 16.7 Å². The molecule has 0 amide bonds. The molecule has 278 valence electrons. The fraction of sp³-hybridized carbons (Fsp3) is 0. The molecule has 0 saturated heterocycles. The number of nitriles is 3. The fourth-order valence-corrected chi connectivity index (χ4v) is 7.86. The first-order valence-corrected chi connectivity index (χ1v) is 19.7. The number of benzene rings is 9. The maximum absolute atomic E-state index is 10.1. The summed E-state index contributed by atoms with van der Waals surface area (Å²) in [5.41, 5.74) is 18.1. The number of hydrogen-bond acceptors (Lipinski definition) is 3. The normalized spacial score (nSPS) is 10.6. The molecule has 0 aromatic heterocycles. The minimum atomic E-state index is 0.594. The predicted octanol–water partition coefficient (Wildman–Crippen LogP) is 14.6. The Labute approximate surface area is 350 Å². The Balaban J connectivity index is 0.962. The summed E-state index contributed by atoms with van der Waals surface area (Å²) in [4.78, 5) is 0. The topological polar surface area (TPSA) is 71.4 Å². The highest BCUT2D eigenvalue weighted by Crippen LogP contribution is 2.36. The van der Waals surface area contributed by atoms with Crippen molar-refractivity contribution in [1.82, 2.24) is 0 Å². The average Bonchev–Trinajstić information content (AvgIpc) is 3.34. The summed E-state index contributed by atoms with van der Waals surface area (Å²) >= 11 is 0. The molecule has 0 heterocycles. The van der Waals surface area contributed by atoms with Crippen LogP contribution in [0.2, 0.25) is 0 Å². The van der Waals surface area contributed by atoms with Gasteiger partial charge in [0.15, 0.2) is 0 Å². The van der Waals surface area contributed by atoms with Crippen LogP contribution < -0.4 is 0 Å². The Morgan fingerprint density at radius 2 is 0.517 bits per heavy atom. The zero-order chi connectivity index (χ0) is 40.8. The Hall–Kier alpha value is -8.55. The quantitative estimate of drug-likeness (QED) is 0.155. The van der Waals surface area contributed by atoms with Gasteiger partial charge in [-0.2, -0.15) is 15.8 Å². The maximum Gasteiger partial charge on any atom is 0.0998 e. The summed E-state index contributed by atoms with van der Waals surface area (Å²) < 4.78 is 0. The SMILES string of the molecule is N#Cc1cc(-c2cccc(-c3ccc(-c4ccc(-c5ccccc5)c(C#N)c4)cc3)c2)cc(-c2cccc(-c3ccc(-c4ccc(-c5ccccc5)c(C#N)c4)cc3)c2)c1. The largest absolute Gasteiger partial charge is 0.192 e. The van der Waals surface area contributed by atoms with E-state index in [4.69, 9.17) is 0 Å². The smallest absolute Gasteiger partial charge is 0.0998 e. The standard InChI is InChI=1S/C57H35N3/c58-36-39-29-52(48-15-7-13-46(31-48)40-17-21-42(22-18-40)50-25-27-56(54(33-50)37-59)44-9-3-1-4-10-44)35-53(30-39)49-16-8-14-47(32-49)41-19-23-43(24-20-41)51-26-28-57(55(34-51)38-60)45-11-5-2-6-12-45/h1-35H. The van der Waals surface area contributed by atoms with E-state index < -0.39 is 0 Å². The van der Waals surface area contributed by atoms with Gasteiger partial charge < -0.3 is 0 Å². The Kier molecular flexibility index (Phi) is 10.2. The summed E-state index contributed by atoms with van der Waals surface area (Å²) in [6.07, 6.45) is 0. The lowest BCUT2D eigenvalue weighted by molar-refractivity contribution is 1.47. The van der Waals surface area contributed by atoms with Crippen molar-refractivity contribution in [1.29, 1.82) is 15.8 Å². The van der Waals surface area contributed by atoms with Crippen molar-refractivity contribution in [3.8, 4) is 107 Å². The van der Waals surface area contributed by atoms with Gasteiger partial charge in [0.2, 0.25) is 0 Å². The molecule has 0 bridgehead atoms.